The number of benzene rings is 1. The minimum Gasteiger partial charge on any atom is -0.480 e. The molecule has 0 unspecified atom stereocenters. The SMILES string of the molecule is O=C(N[C@@H]1C[C@@H](C(=O)O)N(C(=O)c2cnc[nH]2)C1)c1ccccc1. The highest BCUT2D eigenvalue weighted by Crippen LogP contribution is 2.21. The molecular formula is C16H16N4O4. The Balaban J connectivity index is 1.72. The molecule has 2 amide bonds. The van der Waals surface area contributed by atoms with Crippen molar-refractivity contribution in [3.05, 3.63) is 54.1 Å². The van der Waals surface area contributed by atoms with Crippen molar-refractivity contribution in [2.24, 2.45) is 0 Å². The van der Waals surface area contributed by atoms with E-state index in [0.717, 1.165) is 0 Å². The van der Waals surface area contributed by atoms with E-state index in [4.69, 9.17) is 0 Å². The van der Waals surface area contributed by atoms with Gasteiger partial charge in [-0.25, -0.2) is 9.78 Å². The Morgan fingerprint density at radius 2 is 2.00 bits per heavy atom. The lowest BCUT2D eigenvalue weighted by atomic mass is 10.1. The molecule has 1 fully saturated rings. The summed E-state index contributed by atoms with van der Waals surface area (Å²) in [6, 6.07) is 7.24. The summed E-state index contributed by atoms with van der Waals surface area (Å²) >= 11 is 0. The number of likely N-dealkylation sites (tertiary alicyclic amines) is 1. The third-order valence-corrected chi connectivity index (χ3v) is 3.95. The average molecular weight is 328 g/mol. The number of carbonyl (C=O) groups is 3. The monoisotopic (exact) mass is 328 g/mol. The van der Waals surface area contributed by atoms with Crippen molar-refractivity contribution < 1.29 is 19.5 Å². The largest absolute Gasteiger partial charge is 0.480 e. The summed E-state index contributed by atoms with van der Waals surface area (Å²) in [5, 5.41) is 12.2. The maximum atomic E-state index is 12.4. The zero-order valence-electron chi connectivity index (χ0n) is 12.7. The van der Waals surface area contributed by atoms with Gasteiger partial charge in [-0.2, -0.15) is 0 Å². The van der Waals surface area contributed by atoms with Crippen LogP contribution in [0.25, 0.3) is 0 Å². The molecule has 3 rings (SSSR count). The number of aromatic amines is 1. The number of aromatic nitrogens is 2. The minimum atomic E-state index is -1.10. The van der Waals surface area contributed by atoms with Gasteiger partial charge >= 0.3 is 5.97 Å². The number of hydrogen-bond donors (Lipinski definition) is 3. The maximum Gasteiger partial charge on any atom is 0.326 e. The van der Waals surface area contributed by atoms with E-state index in [1.165, 1.54) is 17.4 Å². The Hall–Kier alpha value is -3.16. The molecule has 2 atom stereocenters. The van der Waals surface area contributed by atoms with Gasteiger partial charge in [-0.1, -0.05) is 18.2 Å². The van der Waals surface area contributed by atoms with Crippen molar-refractivity contribution in [3.63, 3.8) is 0 Å². The first kappa shape index (κ1) is 15.7. The zero-order valence-corrected chi connectivity index (χ0v) is 12.7. The highest BCUT2D eigenvalue weighted by atomic mass is 16.4. The maximum absolute atomic E-state index is 12.4. The number of carboxylic acids is 1. The molecular weight excluding hydrogens is 312 g/mol. The van der Waals surface area contributed by atoms with Gasteiger partial charge in [-0.3, -0.25) is 9.59 Å². The van der Waals surface area contributed by atoms with Crippen molar-refractivity contribution in [1.29, 1.82) is 0 Å². The number of nitrogens with zero attached hydrogens (tertiary/aromatic N) is 2. The predicted molar refractivity (Wildman–Crippen MR) is 83.4 cm³/mol. The molecule has 0 spiro atoms. The van der Waals surface area contributed by atoms with Crippen LogP contribution in [-0.4, -0.2) is 56.4 Å². The standard InChI is InChI=1S/C16H16N4O4/c21-14(10-4-2-1-3-5-10)19-11-6-13(16(23)24)20(8-11)15(22)12-7-17-9-18-12/h1-5,7,9,11,13H,6,8H2,(H,17,18)(H,19,21)(H,23,24)/t11-,13+/m1/s1. The lowest BCUT2D eigenvalue weighted by molar-refractivity contribution is -0.141. The smallest absolute Gasteiger partial charge is 0.326 e. The van der Waals surface area contributed by atoms with Gasteiger partial charge in [0.15, 0.2) is 0 Å². The second kappa shape index (κ2) is 6.53. The van der Waals surface area contributed by atoms with Crippen molar-refractivity contribution >= 4 is 17.8 Å². The summed E-state index contributed by atoms with van der Waals surface area (Å²) in [6.45, 7) is 0.132. The second-order valence-electron chi connectivity index (χ2n) is 5.55. The van der Waals surface area contributed by atoms with E-state index < -0.39 is 24.0 Å². The van der Waals surface area contributed by atoms with Crippen molar-refractivity contribution in [1.82, 2.24) is 20.2 Å². The molecule has 1 aromatic carbocycles. The number of nitrogens with one attached hydrogen (secondary N) is 2. The highest BCUT2D eigenvalue weighted by Gasteiger charge is 2.40. The fourth-order valence-electron chi connectivity index (χ4n) is 2.78. The van der Waals surface area contributed by atoms with E-state index in [2.05, 4.69) is 15.3 Å². The number of H-pyrrole nitrogens is 1. The molecule has 8 heteroatoms. The van der Waals surface area contributed by atoms with Crippen molar-refractivity contribution in [3.8, 4) is 0 Å². The molecule has 8 nitrogen and oxygen atoms in total. The summed E-state index contributed by atoms with van der Waals surface area (Å²) in [5.41, 5.74) is 0.707. The van der Waals surface area contributed by atoms with Crippen LogP contribution in [0.4, 0.5) is 0 Å². The molecule has 1 saturated heterocycles. The van der Waals surface area contributed by atoms with Crippen LogP contribution in [0.2, 0.25) is 0 Å². The van der Waals surface area contributed by atoms with E-state index >= 15 is 0 Å². The lowest BCUT2D eigenvalue weighted by Crippen LogP contribution is -2.41. The molecule has 2 heterocycles. The van der Waals surface area contributed by atoms with Crippen LogP contribution < -0.4 is 5.32 Å². The average Bonchev–Trinajstić information content (AvgIpc) is 3.25. The van der Waals surface area contributed by atoms with E-state index in [1.807, 2.05) is 0 Å². The second-order valence-corrected chi connectivity index (χ2v) is 5.55. The molecule has 0 saturated carbocycles. The fraction of sp³-hybridized carbons (Fsp3) is 0.250. The number of carbonyl (C=O) groups excluding carboxylic acids is 2. The van der Waals surface area contributed by atoms with Crippen molar-refractivity contribution in [2.75, 3.05) is 6.54 Å². The van der Waals surface area contributed by atoms with E-state index in [9.17, 15) is 19.5 Å². The number of carboxylic acid groups (broad SMARTS) is 1. The third kappa shape index (κ3) is 3.12. The van der Waals surface area contributed by atoms with Gasteiger partial charge in [-0.05, 0) is 12.1 Å². The van der Waals surface area contributed by atoms with Crippen LogP contribution in [-0.2, 0) is 4.79 Å². The molecule has 1 aliphatic heterocycles. The summed E-state index contributed by atoms with van der Waals surface area (Å²) in [6.07, 6.45) is 2.86. The van der Waals surface area contributed by atoms with Crippen LogP contribution in [0, 0.1) is 0 Å². The van der Waals surface area contributed by atoms with Crippen LogP contribution >= 0.6 is 0 Å². The first-order chi connectivity index (χ1) is 11.6. The predicted octanol–water partition coefficient (Wildman–Crippen LogP) is 0.507. The molecule has 0 bridgehead atoms. The highest BCUT2D eigenvalue weighted by molar-refractivity contribution is 5.96. The first-order valence-electron chi connectivity index (χ1n) is 7.44. The Morgan fingerprint density at radius 1 is 1.25 bits per heavy atom. The zero-order chi connectivity index (χ0) is 17.1. The summed E-state index contributed by atoms with van der Waals surface area (Å²) in [5.74, 6) is -1.84. The normalized spacial score (nSPS) is 19.9. The molecule has 3 N–H and O–H groups in total. The number of imidazole rings is 1. The minimum absolute atomic E-state index is 0.132. The van der Waals surface area contributed by atoms with Gasteiger partial charge in [0.2, 0.25) is 0 Å². The molecule has 124 valence electrons. The Bertz CT molecular complexity index is 745. The van der Waals surface area contributed by atoms with E-state index in [0.29, 0.717) is 5.56 Å². The number of hydrogen-bond acceptors (Lipinski definition) is 4. The number of rotatable bonds is 4. The molecule has 1 aliphatic rings. The quantitative estimate of drug-likeness (QED) is 0.756. The van der Waals surface area contributed by atoms with Gasteiger partial charge < -0.3 is 20.3 Å². The lowest BCUT2D eigenvalue weighted by Gasteiger charge is -2.20. The summed E-state index contributed by atoms with van der Waals surface area (Å²) < 4.78 is 0. The van der Waals surface area contributed by atoms with Gasteiger partial charge in [-0.15, -0.1) is 0 Å². The first-order valence-corrected chi connectivity index (χ1v) is 7.44. The van der Waals surface area contributed by atoms with Crippen LogP contribution in [0.5, 0.6) is 0 Å². The van der Waals surface area contributed by atoms with Crippen molar-refractivity contribution in [2.45, 2.75) is 18.5 Å². The topological polar surface area (TPSA) is 115 Å². The molecule has 24 heavy (non-hydrogen) atoms. The molecule has 1 aromatic heterocycles. The van der Waals surface area contributed by atoms with E-state index in [1.54, 1.807) is 30.3 Å². The van der Waals surface area contributed by atoms with Crippen LogP contribution in [0.15, 0.2) is 42.9 Å². The molecule has 2 aromatic rings. The number of amides is 2. The summed E-state index contributed by atoms with van der Waals surface area (Å²) in [7, 11) is 0. The van der Waals surface area contributed by atoms with Gasteiger partial charge in [0.25, 0.3) is 11.8 Å². The molecule has 0 aliphatic carbocycles. The number of aliphatic carboxylic acids is 1. The Labute approximate surface area is 137 Å². The third-order valence-electron chi connectivity index (χ3n) is 3.95. The fourth-order valence-corrected chi connectivity index (χ4v) is 2.78. The van der Waals surface area contributed by atoms with Crippen LogP contribution in [0.3, 0.4) is 0 Å². The van der Waals surface area contributed by atoms with Gasteiger partial charge in [0, 0.05) is 24.6 Å². The van der Waals surface area contributed by atoms with Gasteiger partial charge in [0.1, 0.15) is 11.7 Å². The Kier molecular flexibility index (Phi) is 4.28. The van der Waals surface area contributed by atoms with Gasteiger partial charge in [0.05, 0.1) is 12.5 Å². The Morgan fingerprint density at radius 3 is 2.62 bits per heavy atom. The molecule has 0 radical (unpaired) electrons. The van der Waals surface area contributed by atoms with Crippen LogP contribution in [0.1, 0.15) is 27.3 Å². The summed E-state index contributed by atoms with van der Waals surface area (Å²) in [4.78, 5) is 43.7. The van der Waals surface area contributed by atoms with E-state index in [-0.39, 0.29) is 24.6 Å².